The Morgan fingerprint density at radius 1 is 0.438 bits per heavy atom. The summed E-state index contributed by atoms with van der Waals surface area (Å²) < 4.78 is 0. The number of hydrogen-bond acceptors (Lipinski definition) is 9. The molecule has 6 nitrogen and oxygen atoms in total. The van der Waals surface area contributed by atoms with E-state index in [0.29, 0.717) is 36.7 Å². The maximum absolute atomic E-state index is 11.3. The number of rotatable bonds is 15. The van der Waals surface area contributed by atoms with Gasteiger partial charge < -0.3 is 15.3 Å². The molecule has 3 N–H and O–H groups in total. The number of nitrogens with zero attached hydrogens (tertiary/aromatic N) is 3. The van der Waals surface area contributed by atoms with Crippen molar-refractivity contribution in [1.29, 1.82) is 0 Å². The predicted octanol–water partition coefficient (Wildman–Crippen LogP) is 8.22. The van der Waals surface area contributed by atoms with Crippen molar-refractivity contribution in [2.75, 3.05) is 0 Å². The molecule has 4 aromatic rings. The lowest BCUT2D eigenvalue weighted by Crippen LogP contribution is -2.38. The van der Waals surface area contributed by atoms with Crippen LogP contribution in [0.15, 0.2) is 87.5 Å². The average molecular weight is 706 g/mol. The number of aryl methyl sites for hydroxylation is 3. The van der Waals surface area contributed by atoms with Gasteiger partial charge in [-0.3, -0.25) is 0 Å². The number of benzene rings is 3. The van der Waals surface area contributed by atoms with E-state index in [1.807, 2.05) is 41.5 Å². The monoisotopic (exact) mass is 705 g/mol. The highest BCUT2D eigenvalue weighted by molar-refractivity contribution is 8.00. The molecule has 4 rings (SSSR count). The minimum atomic E-state index is -1.02. The van der Waals surface area contributed by atoms with Gasteiger partial charge in [0, 0.05) is 49.7 Å². The van der Waals surface area contributed by atoms with E-state index in [-0.39, 0.29) is 15.7 Å². The lowest BCUT2D eigenvalue weighted by molar-refractivity contribution is 0.0765. The first-order valence-corrected chi connectivity index (χ1v) is 19.1. The summed E-state index contributed by atoms with van der Waals surface area (Å²) in [6.07, 6.45) is 1.25. The van der Waals surface area contributed by atoms with Crippen LogP contribution in [-0.2, 0) is 19.3 Å². The van der Waals surface area contributed by atoms with Crippen molar-refractivity contribution in [3.05, 3.63) is 107 Å². The van der Waals surface area contributed by atoms with Crippen LogP contribution in [0.5, 0.6) is 0 Å². The second-order valence-electron chi connectivity index (χ2n) is 14.4. The van der Waals surface area contributed by atoms with Crippen molar-refractivity contribution in [2.24, 2.45) is 0 Å². The van der Waals surface area contributed by atoms with Gasteiger partial charge in [-0.25, -0.2) is 15.0 Å². The van der Waals surface area contributed by atoms with Gasteiger partial charge in [-0.15, -0.1) is 35.3 Å². The van der Waals surface area contributed by atoms with Gasteiger partial charge in [0.15, 0.2) is 0 Å². The van der Waals surface area contributed by atoms with Crippen LogP contribution >= 0.6 is 35.3 Å². The van der Waals surface area contributed by atoms with E-state index >= 15 is 0 Å². The van der Waals surface area contributed by atoms with Gasteiger partial charge in [0.25, 0.3) is 0 Å². The van der Waals surface area contributed by atoms with Gasteiger partial charge in [0.2, 0.25) is 0 Å². The Morgan fingerprint density at radius 2 is 0.646 bits per heavy atom. The van der Waals surface area contributed by atoms with Gasteiger partial charge in [0.05, 0.1) is 16.8 Å². The standard InChI is InChI=1S/C39H51N3O3S3/c1-25-10-16-28(17-11-25)46-31(37(4,5)43)22-34-40-35(23-32(38(6,7)44)47-29-18-12-26(2)13-19-29)42-36(41-34)24-33(39(8,9)45)48-30-20-14-27(3)15-21-30/h10-21,31-33,43-45H,22-24H2,1-9H3/t31-,32-,33?/m1/s1. The molecule has 0 spiro atoms. The van der Waals surface area contributed by atoms with Gasteiger partial charge in [-0.2, -0.15) is 0 Å². The Morgan fingerprint density at radius 3 is 0.833 bits per heavy atom. The number of aromatic nitrogens is 3. The molecule has 1 heterocycles. The number of aliphatic hydroxyl groups is 3. The van der Waals surface area contributed by atoms with E-state index in [1.165, 1.54) is 16.7 Å². The van der Waals surface area contributed by atoms with Crippen molar-refractivity contribution in [3.8, 4) is 0 Å². The van der Waals surface area contributed by atoms with Gasteiger partial charge in [-0.05, 0) is 98.7 Å². The Labute approximate surface area is 300 Å². The maximum Gasteiger partial charge on any atom is 0.133 e. The maximum atomic E-state index is 11.3. The molecular weight excluding hydrogens is 655 g/mol. The van der Waals surface area contributed by atoms with Crippen molar-refractivity contribution in [3.63, 3.8) is 0 Å². The molecule has 0 radical (unpaired) electrons. The normalized spacial score (nSPS) is 14.5. The molecule has 0 bridgehead atoms. The van der Waals surface area contributed by atoms with Crippen LogP contribution in [0.25, 0.3) is 0 Å². The molecule has 9 heteroatoms. The zero-order valence-corrected chi connectivity index (χ0v) is 32.1. The molecule has 258 valence electrons. The van der Waals surface area contributed by atoms with Crippen LogP contribution in [-0.4, -0.2) is 62.8 Å². The molecule has 0 amide bonds. The first kappa shape index (κ1) is 38.4. The molecule has 0 saturated heterocycles. The predicted molar refractivity (Wildman–Crippen MR) is 202 cm³/mol. The van der Waals surface area contributed by atoms with Crippen LogP contribution in [0.4, 0.5) is 0 Å². The fourth-order valence-corrected chi connectivity index (χ4v) is 8.37. The summed E-state index contributed by atoms with van der Waals surface area (Å²) in [5, 5.41) is 33.2. The summed E-state index contributed by atoms with van der Waals surface area (Å²) in [7, 11) is 0. The third kappa shape index (κ3) is 11.9. The summed E-state index contributed by atoms with van der Waals surface area (Å²) in [6, 6.07) is 24.9. The van der Waals surface area contributed by atoms with Crippen LogP contribution in [0.3, 0.4) is 0 Å². The third-order valence-corrected chi connectivity index (χ3v) is 12.9. The average Bonchev–Trinajstić information content (AvgIpc) is 2.98. The highest BCUT2D eigenvalue weighted by atomic mass is 32.2. The van der Waals surface area contributed by atoms with E-state index < -0.39 is 16.8 Å². The molecule has 1 unspecified atom stereocenters. The van der Waals surface area contributed by atoms with Crippen molar-refractivity contribution < 1.29 is 15.3 Å². The van der Waals surface area contributed by atoms with Gasteiger partial charge in [0.1, 0.15) is 17.5 Å². The molecular formula is C39H51N3O3S3. The van der Waals surface area contributed by atoms with Crippen LogP contribution < -0.4 is 0 Å². The van der Waals surface area contributed by atoms with E-state index in [1.54, 1.807) is 35.3 Å². The molecule has 0 saturated carbocycles. The summed E-state index contributed by atoms with van der Waals surface area (Å²) in [4.78, 5) is 18.1. The Bertz CT molecular complexity index is 1400. The largest absolute Gasteiger partial charge is 0.389 e. The molecule has 0 aliphatic rings. The van der Waals surface area contributed by atoms with E-state index in [4.69, 9.17) is 15.0 Å². The van der Waals surface area contributed by atoms with E-state index in [0.717, 1.165) is 14.7 Å². The highest BCUT2D eigenvalue weighted by Crippen LogP contribution is 2.36. The molecule has 48 heavy (non-hydrogen) atoms. The smallest absolute Gasteiger partial charge is 0.133 e. The highest BCUT2D eigenvalue weighted by Gasteiger charge is 2.33. The fourth-order valence-electron chi connectivity index (χ4n) is 4.94. The minimum absolute atomic E-state index is 0.234. The van der Waals surface area contributed by atoms with Crippen molar-refractivity contribution in [1.82, 2.24) is 15.0 Å². The lowest BCUT2D eigenvalue weighted by atomic mass is 10.0. The molecule has 3 atom stereocenters. The number of hydrogen-bond donors (Lipinski definition) is 3. The topological polar surface area (TPSA) is 99.4 Å². The molecule has 0 fully saturated rings. The minimum Gasteiger partial charge on any atom is -0.389 e. The Hall–Kier alpha value is -2.40. The fraction of sp³-hybridized carbons (Fsp3) is 0.462. The molecule has 3 aromatic carbocycles. The SMILES string of the molecule is Cc1ccc(SC(Cc2nc(C[C@@H](Sc3ccc(C)cc3)C(C)(C)O)nc(C[C@@H](Sc3ccc(C)cc3)C(C)(C)O)n2)C(C)(C)O)cc1. The summed E-state index contributed by atoms with van der Waals surface area (Å²) >= 11 is 4.84. The van der Waals surface area contributed by atoms with Crippen molar-refractivity contribution >= 4 is 35.3 Å². The van der Waals surface area contributed by atoms with E-state index in [2.05, 4.69) is 93.6 Å². The van der Waals surface area contributed by atoms with Crippen LogP contribution in [0, 0.1) is 20.8 Å². The van der Waals surface area contributed by atoms with Gasteiger partial charge in [-0.1, -0.05) is 53.1 Å². The first-order valence-electron chi connectivity index (χ1n) is 16.4. The van der Waals surface area contributed by atoms with Crippen molar-refractivity contribution in [2.45, 2.75) is 129 Å². The number of thioether (sulfide) groups is 3. The molecule has 0 aliphatic carbocycles. The van der Waals surface area contributed by atoms with Gasteiger partial charge >= 0.3 is 0 Å². The summed E-state index contributed by atoms with van der Waals surface area (Å²) in [5.41, 5.74) is 0.491. The molecule has 1 aromatic heterocycles. The molecule has 0 aliphatic heterocycles. The summed E-state index contributed by atoms with van der Waals surface area (Å²) in [5.74, 6) is 1.77. The quantitative estimate of drug-likeness (QED) is 0.106. The zero-order chi connectivity index (χ0) is 35.3. The first-order chi connectivity index (χ1) is 22.3. The zero-order valence-electron chi connectivity index (χ0n) is 29.7. The third-order valence-electron chi connectivity index (χ3n) is 8.14. The van der Waals surface area contributed by atoms with Crippen LogP contribution in [0.2, 0.25) is 0 Å². The second kappa shape index (κ2) is 16.1. The lowest BCUT2D eigenvalue weighted by Gasteiger charge is -2.30. The summed E-state index contributed by atoms with van der Waals surface area (Å²) in [6.45, 7) is 17.1. The van der Waals surface area contributed by atoms with Crippen LogP contribution in [0.1, 0.15) is 75.7 Å². The Balaban J connectivity index is 1.72. The Kier molecular flexibility index (Phi) is 12.9. The van der Waals surface area contributed by atoms with E-state index in [9.17, 15) is 15.3 Å². The second-order valence-corrected chi connectivity index (χ2v) is 18.2.